The summed E-state index contributed by atoms with van der Waals surface area (Å²) < 4.78 is 12.9. The highest BCUT2D eigenvalue weighted by Crippen LogP contribution is 2.63. The molecule has 5 nitrogen and oxygen atoms in total. The van der Waals surface area contributed by atoms with Gasteiger partial charge in [-0.2, -0.15) is 0 Å². The van der Waals surface area contributed by atoms with Crippen LogP contribution in [0.2, 0.25) is 0 Å². The van der Waals surface area contributed by atoms with E-state index < -0.39 is 5.41 Å². The molecule has 0 saturated heterocycles. The van der Waals surface area contributed by atoms with E-state index in [2.05, 4.69) is 176 Å². The number of nitrogens with zero attached hydrogens (tertiary/aromatic N) is 3. The number of hydrogen-bond acceptors (Lipinski definition) is 5. The first-order valence-electron chi connectivity index (χ1n) is 23.4. The Kier molecular flexibility index (Phi) is 7.93. The predicted molar refractivity (Wildman–Crippen MR) is 278 cm³/mol. The van der Waals surface area contributed by atoms with E-state index >= 15 is 0 Å². The maximum Gasteiger partial charge on any atom is 0.164 e. The summed E-state index contributed by atoms with van der Waals surface area (Å²) in [5, 5.41) is 4.01. The molecule has 0 aliphatic heterocycles. The number of benzene rings is 10. The van der Waals surface area contributed by atoms with Crippen molar-refractivity contribution in [3.63, 3.8) is 0 Å². The summed E-state index contributed by atoms with van der Waals surface area (Å²) in [6.45, 7) is 0. The van der Waals surface area contributed by atoms with Gasteiger partial charge in [0.25, 0.3) is 0 Å². The molecule has 0 amide bonds. The first kappa shape index (κ1) is 38.0. The minimum Gasteiger partial charge on any atom is -0.456 e. The average Bonchev–Trinajstić information content (AvgIpc) is 4.16. The fraction of sp³-hybridized carbons (Fsp3) is 0.0156. The third kappa shape index (κ3) is 5.50. The maximum atomic E-state index is 6.66. The normalized spacial score (nSPS) is 13.0. The highest BCUT2D eigenvalue weighted by Gasteiger charge is 2.51. The van der Waals surface area contributed by atoms with E-state index in [0.29, 0.717) is 17.5 Å². The SMILES string of the molecule is c1ccc(-c2ccc(-c3nc(-c4ccc5oc6ccccc6c5c4)nc(-c4cccc5oc6ccc(-c7ccc8c(c7)C7(c9ccccc9-c9ccccc97)c7ccccc7-8)cc6c45)n3)cc2)cc1. The molecule has 0 saturated carbocycles. The molecule has 13 aromatic rings. The second-order valence-corrected chi connectivity index (χ2v) is 18.2. The Hall–Kier alpha value is -9.19. The monoisotopic (exact) mass is 879 g/mol. The van der Waals surface area contributed by atoms with Gasteiger partial charge in [-0.15, -0.1) is 0 Å². The molecule has 320 valence electrons. The number of aromatic nitrogens is 3. The second-order valence-electron chi connectivity index (χ2n) is 18.2. The Balaban J connectivity index is 0.909. The molecule has 0 atom stereocenters. The van der Waals surface area contributed by atoms with Gasteiger partial charge in [-0.25, -0.2) is 15.0 Å². The number of fused-ring (bicyclic) bond motifs is 16. The Morgan fingerprint density at radius 3 is 1.46 bits per heavy atom. The molecule has 2 aliphatic carbocycles. The minimum atomic E-state index is -0.431. The summed E-state index contributed by atoms with van der Waals surface area (Å²) in [5.74, 6) is 1.72. The molecule has 3 aromatic heterocycles. The Bertz CT molecular complexity index is 4200. The molecule has 0 bridgehead atoms. The molecule has 10 aromatic carbocycles. The van der Waals surface area contributed by atoms with E-state index in [0.717, 1.165) is 82.8 Å². The Morgan fingerprint density at radius 1 is 0.261 bits per heavy atom. The van der Waals surface area contributed by atoms with Crippen LogP contribution in [-0.4, -0.2) is 15.0 Å². The summed E-state index contributed by atoms with van der Waals surface area (Å²) in [7, 11) is 0. The fourth-order valence-corrected chi connectivity index (χ4v) is 11.5. The van der Waals surface area contributed by atoms with E-state index in [4.69, 9.17) is 23.8 Å². The predicted octanol–water partition coefficient (Wildman–Crippen LogP) is 16.3. The quantitative estimate of drug-likeness (QED) is 0.172. The van der Waals surface area contributed by atoms with Crippen LogP contribution in [0.3, 0.4) is 0 Å². The topological polar surface area (TPSA) is 65.0 Å². The first-order valence-corrected chi connectivity index (χ1v) is 23.4. The van der Waals surface area contributed by atoms with Gasteiger partial charge in [0.1, 0.15) is 22.3 Å². The second kappa shape index (κ2) is 14.4. The van der Waals surface area contributed by atoms with Crippen LogP contribution in [0.5, 0.6) is 0 Å². The summed E-state index contributed by atoms with van der Waals surface area (Å²) >= 11 is 0. The number of para-hydroxylation sites is 1. The van der Waals surface area contributed by atoms with Gasteiger partial charge < -0.3 is 8.83 Å². The summed E-state index contributed by atoms with van der Waals surface area (Å²) in [5.41, 5.74) is 20.4. The summed E-state index contributed by atoms with van der Waals surface area (Å²) in [6.07, 6.45) is 0. The van der Waals surface area contributed by atoms with Crippen LogP contribution < -0.4 is 0 Å². The van der Waals surface area contributed by atoms with Crippen molar-refractivity contribution >= 4 is 43.9 Å². The van der Waals surface area contributed by atoms with Crippen molar-refractivity contribution in [1.29, 1.82) is 0 Å². The lowest BCUT2D eigenvalue weighted by Gasteiger charge is -2.30. The lowest BCUT2D eigenvalue weighted by Crippen LogP contribution is -2.25. The van der Waals surface area contributed by atoms with E-state index in [-0.39, 0.29) is 0 Å². The molecule has 2 aliphatic rings. The van der Waals surface area contributed by atoms with Crippen molar-refractivity contribution in [3.05, 3.63) is 247 Å². The molecule has 69 heavy (non-hydrogen) atoms. The van der Waals surface area contributed by atoms with Crippen LogP contribution in [0.25, 0.3) is 123 Å². The minimum absolute atomic E-state index is 0.431. The number of hydrogen-bond donors (Lipinski definition) is 0. The average molecular weight is 880 g/mol. The molecule has 1 spiro atoms. The Morgan fingerprint density at radius 2 is 0.725 bits per heavy atom. The van der Waals surface area contributed by atoms with Gasteiger partial charge in [-0.3, -0.25) is 0 Å². The molecule has 0 fully saturated rings. The van der Waals surface area contributed by atoms with Crippen molar-refractivity contribution in [2.24, 2.45) is 0 Å². The molecule has 3 heterocycles. The number of rotatable bonds is 5. The zero-order valence-corrected chi connectivity index (χ0v) is 37.0. The summed E-state index contributed by atoms with van der Waals surface area (Å²) in [4.78, 5) is 15.8. The van der Waals surface area contributed by atoms with Crippen LogP contribution >= 0.6 is 0 Å². The van der Waals surface area contributed by atoms with Gasteiger partial charge in [0.2, 0.25) is 0 Å². The van der Waals surface area contributed by atoms with E-state index in [1.807, 2.05) is 48.5 Å². The molecular weight excluding hydrogens is 843 g/mol. The van der Waals surface area contributed by atoms with E-state index in [1.165, 1.54) is 44.5 Å². The number of furan rings is 2. The molecule has 15 rings (SSSR count). The maximum absolute atomic E-state index is 6.66. The van der Waals surface area contributed by atoms with Crippen LogP contribution in [0, 0.1) is 0 Å². The van der Waals surface area contributed by atoms with Gasteiger partial charge in [0.05, 0.1) is 5.41 Å². The van der Waals surface area contributed by atoms with Crippen LogP contribution in [0.15, 0.2) is 233 Å². The molecule has 5 heteroatoms. The lowest BCUT2D eigenvalue weighted by molar-refractivity contribution is 0.668. The van der Waals surface area contributed by atoms with Crippen molar-refractivity contribution in [2.45, 2.75) is 5.41 Å². The van der Waals surface area contributed by atoms with E-state index in [9.17, 15) is 0 Å². The highest BCUT2D eigenvalue weighted by atomic mass is 16.3. The summed E-state index contributed by atoms with van der Waals surface area (Å²) in [6, 6.07) is 79.8. The van der Waals surface area contributed by atoms with Crippen LogP contribution in [0.4, 0.5) is 0 Å². The van der Waals surface area contributed by atoms with Crippen LogP contribution in [-0.2, 0) is 5.41 Å². The van der Waals surface area contributed by atoms with E-state index in [1.54, 1.807) is 0 Å². The van der Waals surface area contributed by atoms with Crippen molar-refractivity contribution in [3.8, 4) is 78.7 Å². The largest absolute Gasteiger partial charge is 0.456 e. The van der Waals surface area contributed by atoms with Crippen molar-refractivity contribution in [2.75, 3.05) is 0 Å². The molecule has 0 N–H and O–H groups in total. The van der Waals surface area contributed by atoms with Gasteiger partial charge >= 0.3 is 0 Å². The molecule has 0 unspecified atom stereocenters. The van der Waals surface area contributed by atoms with Crippen molar-refractivity contribution in [1.82, 2.24) is 15.0 Å². The van der Waals surface area contributed by atoms with Gasteiger partial charge in [0, 0.05) is 38.2 Å². The third-order valence-electron chi connectivity index (χ3n) is 14.6. The van der Waals surface area contributed by atoms with Crippen LogP contribution in [0.1, 0.15) is 22.3 Å². The zero-order valence-electron chi connectivity index (χ0n) is 37.0. The van der Waals surface area contributed by atoms with Gasteiger partial charge in [-0.1, -0.05) is 176 Å². The fourth-order valence-electron chi connectivity index (χ4n) is 11.5. The molecule has 0 radical (unpaired) electrons. The molecular formula is C64H37N3O2. The van der Waals surface area contributed by atoms with Crippen molar-refractivity contribution < 1.29 is 8.83 Å². The first-order chi connectivity index (χ1) is 34.2. The third-order valence-corrected chi connectivity index (χ3v) is 14.6. The van der Waals surface area contributed by atoms with Gasteiger partial charge in [-0.05, 0) is 115 Å². The smallest absolute Gasteiger partial charge is 0.164 e. The standard InChI is InChI=1S/C64H37N3O2/c1-2-13-38(14-3-1)39-25-27-40(28-26-39)61-65-62(43-31-34-57-50(36-43)48-18-7-11-23-56(48)68-57)67-63(66-61)49-19-12-24-59-60(49)51-35-41(30-33-58(51)69-59)42-29-32-47-46-17-6-10-22-54(46)64(55(47)37-42)52-20-8-4-15-44(52)45-16-5-9-21-53(45)64/h1-37H. The Labute approximate surface area is 396 Å². The lowest BCUT2D eigenvalue weighted by atomic mass is 9.70. The highest BCUT2D eigenvalue weighted by molar-refractivity contribution is 6.13. The van der Waals surface area contributed by atoms with Gasteiger partial charge in [0.15, 0.2) is 17.5 Å². The zero-order chi connectivity index (χ0) is 45.2.